The number of carbonyl (C=O) groups excluding carboxylic acids is 1. The molecule has 22 heavy (non-hydrogen) atoms. The maximum absolute atomic E-state index is 12.1. The lowest BCUT2D eigenvalue weighted by atomic mass is 9.85. The fraction of sp³-hybridized carbons (Fsp3) is 0.467. The van der Waals surface area contributed by atoms with Crippen LogP contribution < -0.4 is 14.8 Å². The Kier molecular flexibility index (Phi) is 6.05. The van der Waals surface area contributed by atoms with Crippen molar-refractivity contribution in [3.05, 3.63) is 17.2 Å². The molecule has 1 rings (SSSR count). The molecule has 122 valence electrons. The molecule has 0 heterocycles. The second-order valence-electron chi connectivity index (χ2n) is 5.65. The van der Waals surface area contributed by atoms with Crippen LogP contribution in [0.3, 0.4) is 0 Å². The van der Waals surface area contributed by atoms with Gasteiger partial charge in [0.05, 0.1) is 31.4 Å². The van der Waals surface area contributed by atoms with E-state index in [0.717, 1.165) is 0 Å². The summed E-state index contributed by atoms with van der Waals surface area (Å²) < 4.78 is 10.3. The number of carboxylic acid groups (broad SMARTS) is 1. The highest BCUT2D eigenvalue weighted by Gasteiger charge is 2.25. The molecule has 0 bridgehead atoms. The SMILES string of the molecule is COc1cc(NC(=O)CC(C)(C)CC(=O)O)c(OC)cc1Cl. The number of amides is 1. The zero-order chi connectivity index (χ0) is 16.9. The molecule has 0 fully saturated rings. The van der Waals surface area contributed by atoms with Gasteiger partial charge in [0.25, 0.3) is 0 Å². The second kappa shape index (κ2) is 7.35. The summed E-state index contributed by atoms with van der Waals surface area (Å²) in [5.74, 6) is -0.449. The molecule has 2 N–H and O–H groups in total. The van der Waals surface area contributed by atoms with E-state index in [2.05, 4.69) is 5.32 Å². The largest absolute Gasteiger partial charge is 0.495 e. The van der Waals surface area contributed by atoms with Gasteiger partial charge in [0, 0.05) is 18.6 Å². The number of rotatable bonds is 7. The van der Waals surface area contributed by atoms with Gasteiger partial charge in [-0.05, 0) is 5.41 Å². The average molecular weight is 330 g/mol. The third-order valence-corrected chi connectivity index (χ3v) is 3.31. The normalized spacial score (nSPS) is 11.0. The Morgan fingerprint density at radius 2 is 1.77 bits per heavy atom. The molecule has 0 spiro atoms. The standard InChI is InChI=1S/C15H20ClNO5/c1-15(2,8-14(19)20)7-13(18)17-10-6-11(21-3)9(16)5-12(10)22-4/h5-6H,7-8H2,1-4H3,(H,17,18)(H,19,20). The predicted octanol–water partition coefficient (Wildman–Crippen LogP) is 3.19. The third kappa shape index (κ3) is 5.11. The number of carboxylic acids is 1. The van der Waals surface area contributed by atoms with Gasteiger partial charge in [0.15, 0.2) is 0 Å². The number of aliphatic carboxylic acids is 1. The zero-order valence-electron chi connectivity index (χ0n) is 13.0. The molecule has 1 aromatic rings. The van der Waals surface area contributed by atoms with Crippen LogP contribution in [0.2, 0.25) is 5.02 Å². The molecule has 0 radical (unpaired) electrons. The molecule has 0 aromatic heterocycles. The van der Waals surface area contributed by atoms with Crippen molar-refractivity contribution >= 4 is 29.2 Å². The first-order chi connectivity index (χ1) is 10.2. The quantitative estimate of drug-likeness (QED) is 0.802. The molecule has 0 saturated carbocycles. The van der Waals surface area contributed by atoms with Crippen LogP contribution in [-0.2, 0) is 9.59 Å². The minimum Gasteiger partial charge on any atom is -0.495 e. The summed E-state index contributed by atoms with van der Waals surface area (Å²) in [6.07, 6.45) is -0.0328. The fourth-order valence-electron chi connectivity index (χ4n) is 2.06. The Hall–Kier alpha value is -1.95. The van der Waals surface area contributed by atoms with Gasteiger partial charge < -0.3 is 19.9 Å². The minimum absolute atomic E-state index is 0.0629. The van der Waals surface area contributed by atoms with Gasteiger partial charge in [-0.15, -0.1) is 0 Å². The molecule has 0 aliphatic heterocycles. The van der Waals surface area contributed by atoms with E-state index in [1.807, 2.05) is 0 Å². The van der Waals surface area contributed by atoms with Crippen LogP contribution in [0.1, 0.15) is 26.7 Å². The second-order valence-corrected chi connectivity index (χ2v) is 6.05. The van der Waals surface area contributed by atoms with Crippen LogP contribution in [-0.4, -0.2) is 31.2 Å². The van der Waals surface area contributed by atoms with Crippen molar-refractivity contribution in [2.24, 2.45) is 5.41 Å². The highest BCUT2D eigenvalue weighted by Crippen LogP contribution is 2.36. The number of carbonyl (C=O) groups is 2. The molecule has 0 atom stereocenters. The first-order valence-corrected chi connectivity index (χ1v) is 6.99. The van der Waals surface area contributed by atoms with E-state index in [-0.39, 0.29) is 18.7 Å². The first kappa shape index (κ1) is 18.1. The Morgan fingerprint density at radius 1 is 1.18 bits per heavy atom. The van der Waals surface area contributed by atoms with E-state index >= 15 is 0 Å². The van der Waals surface area contributed by atoms with E-state index in [9.17, 15) is 9.59 Å². The summed E-state index contributed by atoms with van der Waals surface area (Å²) in [5.41, 5.74) is -0.237. The maximum Gasteiger partial charge on any atom is 0.303 e. The number of ether oxygens (including phenoxy) is 2. The van der Waals surface area contributed by atoms with Gasteiger partial charge in [-0.2, -0.15) is 0 Å². The van der Waals surface area contributed by atoms with Crippen LogP contribution >= 0.6 is 11.6 Å². The lowest BCUT2D eigenvalue weighted by Gasteiger charge is -2.22. The van der Waals surface area contributed by atoms with Crippen molar-refractivity contribution in [2.45, 2.75) is 26.7 Å². The van der Waals surface area contributed by atoms with E-state index in [1.54, 1.807) is 26.0 Å². The molecule has 0 aliphatic carbocycles. The average Bonchev–Trinajstić information content (AvgIpc) is 2.37. The molecular formula is C15H20ClNO5. The highest BCUT2D eigenvalue weighted by molar-refractivity contribution is 6.32. The number of methoxy groups -OCH3 is 2. The number of anilines is 1. The summed E-state index contributed by atoms with van der Waals surface area (Å²) in [4.78, 5) is 22.9. The van der Waals surface area contributed by atoms with Crippen LogP contribution in [0.15, 0.2) is 12.1 Å². The topological polar surface area (TPSA) is 84.9 Å². The summed E-state index contributed by atoms with van der Waals surface area (Å²) in [6, 6.07) is 3.10. The van der Waals surface area contributed by atoms with Crippen molar-refractivity contribution in [1.29, 1.82) is 0 Å². The van der Waals surface area contributed by atoms with Crippen molar-refractivity contribution < 1.29 is 24.2 Å². The summed E-state index contributed by atoms with van der Waals surface area (Å²) in [6.45, 7) is 3.45. The monoisotopic (exact) mass is 329 g/mol. The van der Waals surface area contributed by atoms with Crippen LogP contribution in [0.25, 0.3) is 0 Å². The van der Waals surface area contributed by atoms with E-state index in [4.69, 9.17) is 26.2 Å². The molecule has 7 heteroatoms. The maximum atomic E-state index is 12.1. The Bertz CT molecular complexity index is 571. The highest BCUT2D eigenvalue weighted by atomic mass is 35.5. The van der Waals surface area contributed by atoms with Crippen molar-refractivity contribution in [2.75, 3.05) is 19.5 Å². The fourth-order valence-corrected chi connectivity index (χ4v) is 2.29. The minimum atomic E-state index is -0.941. The molecule has 1 aromatic carbocycles. The Balaban J connectivity index is 2.90. The van der Waals surface area contributed by atoms with Crippen LogP contribution in [0, 0.1) is 5.41 Å². The smallest absolute Gasteiger partial charge is 0.303 e. The first-order valence-electron chi connectivity index (χ1n) is 6.61. The molecule has 6 nitrogen and oxygen atoms in total. The Morgan fingerprint density at radius 3 is 2.27 bits per heavy atom. The molecule has 0 saturated heterocycles. The van der Waals surface area contributed by atoms with Gasteiger partial charge in [0.2, 0.25) is 5.91 Å². The number of hydrogen-bond donors (Lipinski definition) is 2. The van der Waals surface area contributed by atoms with Crippen LogP contribution in [0.4, 0.5) is 5.69 Å². The van der Waals surface area contributed by atoms with Gasteiger partial charge in [-0.3, -0.25) is 9.59 Å². The van der Waals surface area contributed by atoms with Gasteiger partial charge in [-0.25, -0.2) is 0 Å². The van der Waals surface area contributed by atoms with Crippen molar-refractivity contribution in [3.63, 3.8) is 0 Å². The zero-order valence-corrected chi connectivity index (χ0v) is 13.8. The summed E-state index contributed by atoms with van der Waals surface area (Å²) in [5, 5.41) is 11.9. The van der Waals surface area contributed by atoms with Crippen molar-refractivity contribution in [3.8, 4) is 11.5 Å². The number of nitrogens with one attached hydrogen (secondary N) is 1. The summed E-state index contributed by atoms with van der Waals surface area (Å²) in [7, 11) is 2.93. The van der Waals surface area contributed by atoms with E-state index < -0.39 is 11.4 Å². The third-order valence-electron chi connectivity index (χ3n) is 3.02. The van der Waals surface area contributed by atoms with Gasteiger partial charge >= 0.3 is 5.97 Å². The lowest BCUT2D eigenvalue weighted by molar-refractivity contribution is -0.139. The summed E-state index contributed by atoms with van der Waals surface area (Å²) >= 11 is 6.00. The number of halogens is 1. The molecule has 1 amide bonds. The van der Waals surface area contributed by atoms with Crippen molar-refractivity contribution in [1.82, 2.24) is 0 Å². The van der Waals surface area contributed by atoms with E-state index in [0.29, 0.717) is 22.2 Å². The molecular weight excluding hydrogens is 310 g/mol. The Labute approximate surface area is 134 Å². The van der Waals surface area contributed by atoms with E-state index in [1.165, 1.54) is 14.2 Å². The van der Waals surface area contributed by atoms with Crippen LogP contribution in [0.5, 0.6) is 11.5 Å². The molecule has 0 unspecified atom stereocenters. The van der Waals surface area contributed by atoms with Gasteiger partial charge in [0.1, 0.15) is 11.5 Å². The number of hydrogen-bond acceptors (Lipinski definition) is 4. The molecule has 0 aliphatic rings. The predicted molar refractivity (Wildman–Crippen MR) is 83.8 cm³/mol. The van der Waals surface area contributed by atoms with Gasteiger partial charge in [-0.1, -0.05) is 25.4 Å². The number of benzene rings is 1. The lowest BCUT2D eigenvalue weighted by Crippen LogP contribution is -2.25.